The van der Waals surface area contributed by atoms with Gasteiger partial charge in [0.25, 0.3) is 5.91 Å². The molecule has 0 bridgehead atoms. The molecule has 6 nitrogen and oxygen atoms in total. The summed E-state index contributed by atoms with van der Waals surface area (Å²) in [6.45, 7) is 5.43. The van der Waals surface area contributed by atoms with Crippen molar-refractivity contribution in [3.05, 3.63) is 42.2 Å². The van der Waals surface area contributed by atoms with Gasteiger partial charge in [-0.3, -0.25) is 4.79 Å². The molecule has 2 aromatic rings. The Balaban J connectivity index is 1.43. The number of carbonyl (C=O) groups is 1. The van der Waals surface area contributed by atoms with Crippen LogP contribution in [0.2, 0.25) is 0 Å². The number of amides is 1. The fourth-order valence-corrected chi connectivity index (χ4v) is 3.45. The van der Waals surface area contributed by atoms with Gasteiger partial charge in [0.05, 0.1) is 11.9 Å². The largest absolute Gasteiger partial charge is 0.486 e. The molecular formula is C20H23N3O3. The average molecular weight is 353 g/mol. The number of hydrogen-bond donors (Lipinski definition) is 1. The van der Waals surface area contributed by atoms with Gasteiger partial charge in [-0.1, -0.05) is 6.92 Å². The Morgan fingerprint density at radius 2 is 2.04 bits per heavy atom. The molecule has 1 fully saturated rings. The van der Waals surface area contributed by atoms with Crippen LogP contribution < -0.4 is 19.7 Å². The predicted molar refractivity (Wildman–Crippen MR) is 100 cm³/mol. The lowest BCUT2D eigenvalue weighted by atomic mass is 10.00. The molecule has 136 valence electrons. The third kappa shape index (κ3) is 3.59. The second-order valence-electron chi connectivity index (χ2n) is 6.91. The van der Waals surface area contributed by atoms with Gasteiger partial charge in [0, 0.05) is 24.8 Å². The second kappa shape index (κ2) is 7.23. The molecule has 0 spiro atoms. The zero-order valence-corrected chi connectivity index (χ0v) is 14.9. The van der Waals surface area contributed by atoms with Gasteiger partial charge in [0.15, 0.2) is 11.5 Å². The van der Waals surface area contributed by atoms with Crippen molar-refractivity contribution in [3.63, 3.8) is 0 Å². The summed E-state index contributed by atoms with van der Waals surface area (Å²) in [6, 6.07) is 9.13. The minimum atomic E-state index is -0.236. The van der Waals surface area contributed by atoms with E-state index in [9.17, 15) is 4.79 Å². The van der Waals surface area contributed by atoms with E-state index in [1.807, 2.05) is 6.07 Å². The van der Waals surface area contributed by atoms with E-state index in [0.29, 0.717) is 42.0 Å². The molecule has 1 atom stereocenters. The van der Waals surface area contributed by atoms with Crippen molar-refractivity contribution in [1.29, 1.82) is 0 Å². The maximum atomic E-state index is 12.5. The minimum absolute atomic E-state index is 0.236. The number of piperidine rings is 1. The van der Waals surface area contributed by atoms with Crippen molar-refractivity contribution in [2.24, 2.45) is 5.92 Å². The molecular weight excluding hydrogens is 330 g/mol. The van der Waals surface area contributed by atoms with E-state index in [2.05, 4.69) is 22.1 Å². The average Bonchev–Trinajstić information content (AvgIpc) is 2.68. The van der Waals surface area contributed by atoms with Crippen LogP contribution in [0.15, 0.2) is 36.5 Å². The van der Waals surface area contributed by atoms with E-state index in [0.717, 1.165) is 18.8 Å². The van der Waals surface area contributed by atoms with Crippen molar-refractivity contribution >= 4 is 17.3 Å². The number of nitrogens with zero attached hydrogens (tertiary/aromatic N) is 2. The Labute approximate surface area is 153 Å². The van der Waals surface area contributed by atoms with E-state index in [-0.39, 0.29) is 5.91 Å². The molecule has 26 heavy (non-hydrogen) atoms. The van der Waals surface area contributed by atoms with Crippen LogP contribution in [0, 0.1) is 5.92 Å². The summed E-state index contributed by atoms with van der Waals surface area (Å²) in [7, 11) is 0. The third-order valence-corrected chi connectivity index (χ3v) is 4.80. The highest BCUT2D eigenvalue weighted by Gasteiger charge is 2.18. The smallest absolute Gasteiger partial charge is 0.274 e. The van der Waals surface area contributed by atoms with Crippen LogP contribution in [0.4, 0.5) is 11.4 Å². The van der Waals surface area contributed by atoms with Crippen LogP contribution in [0.3, 0.4) is 0 Å². The van der Waals surface area contributed by atoms with Gasteiger partial charge in [-0.25, -0.2) is 4.98 Å². The molecule has 4 rings (SSSR count). The zero-order chi connectivity index (χ0) is 17.9. The van der Waals surface area contributed by atoms with E-state index in [1.165, 1.54) is 12.8 Å². The Kier molecular flexibility index (Phi) is 4.65. The topological polar surface area (TPSA) is 63.7 Å². The molecule has 0 radical (unpaired) electrons. The molecule has 1 aromatic carbocycles. The zero-order valence-electron chi connectivity index (χ0n) is 14.9. The highest BCUT2D eigenvalue weighted by molar-refractivity contribution is 6.03. The standard InChI is InChI=1S/C20H23N3O3/c1-14-3-2-8-23(13-14)16-5-6-17(21-12-16)20(24)22-15-4-7-18-19(11-15)26-10-9-25-18/h4-7,11-12,14H,2-3,8-10,13H2,1H3,(H,22,24). The van der Waals surface area contributed by atoms with Crippen molar-refractivity contribution in [1.82, 2.24) is 4.98 Å². The van der Waals surface area contributed by atoms with Crippen molar-refractivity contribution in [3.8, 4) is 11.5 Å². The van der Waals surface area contributed by atoms with E-state index >= 15 is 0 Å². The molecule has 3 heterocycles. The molecule has 1 N–H and O–H groups in total. The van der Waals surface area contributed by atoms with Gasteiger partial charge in [-0.05, 0) is 43.0 Å². The predicted octanol–water partition coefficient (Wildman–Crippen LogP) is 3.34. The summed E-state index contributed by atoms with van der Waals surface area (Å²) in [5.74, 6) is 1.81. The fraction of sp³-hybridized carbons (Fsp3) is 0.400. The van der Waals surface area contributed by atoms with Gasteiger partial charge >= 0.3 is 0 Å². The van der Waals surface area contributed by atoms with E-state index in [1.54, 1.807) is 30.5 Å². The Morgan fingerprint density at radius 3 is 2.81 bits per heavy atom. The summed E-state index contributed by atoms with van der Waals surface area (Å²) in [6.07, 6.45) is 4.27. The molecule has 1 aromatic heterocycles. The summed E-state index contributed by atoms with van der Waals surface area (Å²) >= 11 is 0. The van der Waals surface area contributed by atoms with E-state index in [4.69, 9.17) is 9.47 Å². The van der Waals surface area contributed by atoms with Crippen molar-refractivity contribution in [2.45, 2.75) is 19.8 Å². The molecule has 2 aliphatic rings. The Hall–Kier alpha value is -2.76. The number of ether oxygens (including phenoxy) is 2. The minimum Gasteiger partial charge on any atom is -0.486 e. The molecule has 0 saturated carbocycles. The van der Waals surface area contributed by atoms with Crippen molar-refractivity contribution < 1.29 is 14.3 Å². The summed E-state index contributed by atoms with van der Waals surface area (Å²) < 4.78 is 11.0. The molecule has 1 amide bonds. The van der Waals surface area contributed by atoms with Gasteiger partial charge in [0.2, 0.25) is 0 Å². The molecule has 2 aliphatic heterocycles. The number of benzene rings is 1. The number of rotatable bonds is 3. The van der Waals surface area contributed by atoms with Crippen LogP contribution in [0.25, 0.3) is 0 Å². The number of fused-ring (bicyclic) bond motifs is 1. The quantitative estimate of drug-likeness (QED) is 0.917. The number of nitrogens with one attached hydrogen (secondary N) is 1. The first-order valence-electron chi connectivity index (χ1n) is 9.11. The molecule has 1 saturated heterocycles. The SMILES string of the molecule is CC1CCCN(c2ccc(C(=O)Nc3ccc4c(c3)OCCO4)nc2)C1. The number of anilines is 2. The lowest BCUT2D eigenvalue weighted by molar-refractivity contribution is 0.102. The highest BCUT2D eigenvalue weighted by Crippen LogP contribution is 2.32. The fourth-order valence-electron chi connectivity index (χ4n) is 3.45. The van der Waals surface area contributed by atoms with E-state index < -0.39 is 0 Å². The van der Waals surface area contributed by atoms with Crippen LogP contribution in [-0.4, -0.2) is 37.2 Å². The van der Waals surface area contributed by atoms with Crippen LogP contribution in [0.1, 0.15) is 30.3 Å². The molecule has 1 unspecified atom stereocenters. The number of hydrogen-bond acceptors (Lipinski definition) is 5. The van der Waals surface area contributed by atoms with Gasteiger partial charge in [0.1, 0.15) is 18.9 Å². The van der Waals surface area contributed by atoms with Crippen LogP contribution in [-0.2, 0) is 0 Å². The third-order valence-electron chi connectivity index (χ3n) is 4.80. The Bertz CT molecular complexity index is 791. The maximum absolute atomic E-state index is 12.5. The number of carbonyl (C=O) groups excluding carboxylic acids is 1. The molecule has 0 aliphatic carbocycles. The normalized spacial score (nSPS) is 19.1. The molecule has 6 heteroatoms. The first-order chi connectivity index (χ1) is 12.7. The lowest BCUT2D eigenvalue weighted by Gasteiger charge is -2.32. The van der Waals surface area contributed by atoms with Crippen LogP contribution in [0.5, 0.6) is 11.5 Å². The van der Waals surface area contributed by atoms with Gasteiger partial charge in [-0.2, -0.15) is 0 Å². The Morgan fingerprint density at radius 1 is 1.19 bits per heavy atom. The summed E-state index contributed by atoms with van der Waals surface area (Å²) in [5.41, 5.74) is 2.14. The second-order valence-corrected chi connectivity index (χ2v) is 6.91. The van der Waals surface area contributed by atoms with Gasteiger partial charge in [-0.15, -0.1) is 0 Å². The summed E-state index contributed by atoms with van der Waals surface area (Å²) in [4.78, 5) is 19.2. The maximum Gasteiger partial charge on any atom is 0.274 e. The number of aromatic nitrogens is 1. The first-order valence-corrected chi connectivity index (χ1v) is 9.11. The van der Waals surface area contributed by atoms with Gasteiger partial charge < -0.3 is 19.7 Å². The monoisotopic (exact) mass is 353 g/mol. The lowest BCUT2D eigenvalue weighted by Crippen LogP contribution is -2.34. The summed E-state index contributed by atoms with van der Waals surface area (Å²) in [5, 5.41) is 2.86. The first kappa shape index (κ1) is 16.7. The van der Waals surface area contributed by atoms with Crippen molar-refractivity contribution in [2.75, 3.05) is 36.5 Å². The van der Waals surface area contributed by atoms with Crippen LogP contribution >= 0.6 is 0 Å². The highest BCUT2D eigenvalue weighted by atomic mass is 16.6. The number of pyridine rings is 1.